The highest BCUT2D eigenvalue weighted by Crippen LogP contribution is 2.31. The SMILES string of the molecule is NS(=O)(=O)c1cc(C(=O)NN2c3ccccc3CC2C(=O)O)ccc1Cl. The number of hydrogen-bond donors (Lipinski definition) is 3. The molecule has 1 amide bonds. The Morgan fingerprint density at radius 1 is 1.23 bits per heavy atom. The lowest BCUT2D eigenvalue weighted by atomic mass is 10.1. The number of aliphatic carboxylic acids is 1. The molecule has 136 valence electrons. The monoisotopic (exact) mass is 395 g/mol. The fourth-order valence-corrected chi connectivity index (χ4v) is 3.83. The van der Waals surface area contributed by atoms with Crippen LogP contribution >= 0.6 is 11.6 Å². The molecule has 1 aliphatic heterocycles. The first kappa shape index (κ1) is 18.2. The summed E-state index contributed by atoms with van der Waals surface area (Å²) in [5.41, 5.74) is 3.84. The summed E-state index contributed by atoms with van der Waals surface area (Å²) in [6.07, 6.45) is 0.231. The summed E-state index contributed by atoms with van der Waals surface area (Å²) < 4.78 is 23.1. The Morgan fingerprint density at radius 3 is 2.58 bits per heavy atom. The molecule has 0 aliphatic carbocycles. The topological polar surface area (TPSA) is 130 Å². The van der Waals surface area contributed by atoms with Gasteiger partial charge in [0.1, 0.15) is 4.90 Å². The first-order chi connectivity index (χ1) is 12.2. The van der Waals surface area contributed by atoms with Crippen molar-refractivity contribution < 1.29 is 23.1 Å². The molecule has 26 heavy (non-hydrogen) atoms. The van der Waals surface area contributed by atoms with Gasteiger partial charge in [-0.1, -0.05) is 29.8 Å². The summed E-state index contributed by atoms with van der Waals surface area (Å²) in [6, 6.07) is 9.61. The quantitative estimate of drug-likeness (QED) is 0.711. The zero-order valence-electron chi connectivity index (χ0n) is 13.2. The number of amides is 1. The van der Waals surface area contributed by atoms with Gasteiger partial charge in [-0.15, -0.1) is 0 Å². The number of nitrogens with one attached hydrogen (secondary N) is 1. The van der Waals surface area contributed by atoms with Crippen LogP contribution < -0.4 is 15.6 Å². The fraction of sp³-hybridized carbons (Fsp3) is 0.125. The molecule has 10 heteroatoms. The number of fused-ring (bicyclic) bond motifs is 1. The average molecular weight is 396 g/mol. The van der Waals surface area contributed by atoms with E-state index >= 15 is 0 Å². The number of sulfonamides is 1. The van der Waals surface area contributed by atoms with Crippen molar-refractivity contribution in [2.75, 3.05) is 5.01 Å². The molecule has 4 N–H and O–H groups in total. The predicted molar refractivity (Wildman–Crippen MR) is 94.3 cm³/mol. The molecule has 2 aromatic carbocycles. The van der Waals surface area contributed by atoms with Crippen LogP contribution in [0.1, 0.15) is 15.9 Å². The molecule has 0 saturated heterocycles. The number of hydrazine groups is 1. The number of para-hydroxylation sites is 1. The summed E-state index contributed by atoms with van der Waals surface area (Å²) in [5, 5.41) is 15.6. The van der Waals surface area contributed by atoms with Crippen LogP contribution in [0.3, 0.4) is 0 Å². The number of carboxylic acids is 1. The normalized spacial score (nSPS) is 16.2. The molecule has 1 atom stereocenters. The number of rotatable bonds is 4. The molecule has 2 aromatic rings. The molecule has 3 rings (SSSR count). The Kier molecular flexibility index (Phi) is 4.61. The summed E-state index contributed by atoms with van der Waals surface area (Å²) in [4.78, 5) is 23.7. The summed E-state index contributed by atoms with van der Waals surface area (Å²) in [6.45, 7) is 0. The van der Waals surface area contributed by atoms with Crippen LogP contribution in [-0.2, 0) is 21.2 Å². The van der Waals surface area contributed by atoms with Crippen molar-refractivity contribution in [2.24, 2.45) is 5.14 Å². The van der Waals surface area contributed by atoms with Crippen LogP contribution in [-0.4, -0.2) is 31.4 Å². The van der Waals surface area contributed by atoms with E-state index in [0.29, 0.717) is 5.69 Å². The number of nitrogens with two attached hydrogens (primary N) is 1. The fourth-order valence-electron chi connectivity index (χ4n) is 2.76. The van der Waals surface area contributed by atoms with E-state index in [9.17, 15) is 23.1 Å². The largest absolute Gasteiger partial charge is 0.480 e. The maximum absolute atomic E-state index is 12.5. The van der Waals surface area contributed by atoms with Crippen molar-refractivity contribution >= 4 is 39.2 Å². The average Bonchev–Trinajstić information content (AvgIpc) is 2.93. The van der Waals surface area contributed by atoms with Gasteiger partial charge in [-0.25, -0.2) is 18.4 Å². The lowest BCUT2D eigenvalue weighted by molar-refractivity contribution is -0.138. The lowest BCUT2D eigenvalue weighted by Gasteiger charge is -2.25. The van der Waals surface area contributed by atoms with Gasteiger partial charge in [-0.3, -0.25) is 15.2 Å². The second-order valence-electron chi connectivity index (χ2n) is 5.69. The standard InChI is InChI=1S/C16H14ClN3O5S/c17-11-6-5-10(8-14(11)26(18,24)25)15(21)19-20-12-4-2-1-3-9(12)7-13(20)16(22)23/h1-6,8,13H,7H2,(H,19,21)(H,22,23)(H2,18,24,25). The van der Waals surface area contributed by atoms with Gasteiger partial charge in [0.15, 0.2) is 6.04 Å². The maximum Gasteiger partial charge on any atom is 0.328 e. The molecule has 0 spiro atoms. The van der Waals surface area contributed by atoms with Crippen LogP contribution in [0.2, 0.25) is 5.02 Å². The molecule has 8 nitrogen and oxygen atoms in total. The van der Waals surface area contributed by atoms with Gasteiger partial charge < -0.3 is 5.11 Å². The molecule has 0 fully saturated rings. The van der Waals surface area contributed by atoms with E-state index in [2.05, 4.69) is 5.43 Å². The van der Waals surface area contributed by atoms with E-state index in [1.54, 1.807) is 24.3 Å². The first-order valence-electron chi connectivity index (χ1n) is 7.42. The molecule has 1 unspecified atom stereocenters. The third kappa shape index (κ3) is 3.36. The van der Waals surface area contributed by atoms with Gasteiger partial charge in [0.25, 0.3) is 5.91 Å². The Balaban J connectivity index is 1.93. The van der Waals surface area contributed by atoms with Gasteiger partial charge in [0, 0.05) is 12.0 Å². The zero-order valence-corrected chi connectivity index (χ0v) is 14.8. The molecule has 1 heterocycles. The van der Waals surface area contributed by atoms with Gasteiger partial charge >= 0.3 is 5.97 Å². The number of hydrogen-bond acceptors (Lipinski definition) is 5. The molecule has 1 aliphatic rings. The lowest BCUT2D eigenvalue weighted by Crippen LogP contribution is -2.50. The van der Waals surface area contributed by atoms with E-state index in [4.69, 9.17) is 16.7 Å². The summed E-state index contributed by atoms with van der Waals surface area (Å²) in [7, 11) is -4.11. The van der Waals surface area contributed by atoms with Gasteiger partial charge in [0.2, 0.25) is 10.0 Å². The third-order valence-electron chi connectivity index (χ3n) is 3.98. The smallest absolute Gasteiger partial charge is 0.328 e. The van der Waals surface area contributed by atoms with E-state index in [1.165, 1.54) is 17.1 Å². The molecule has 0 saturated carbocycles. The second kappa shape index (κ2) is 6.60. The number of benzene rings is 2. The third-order valence-corrected chi connectivity index (χ3v) is 5.38. The van der Waals surface area contributed by atoms with E-state index in [0.717, 1.165) is 11.6 Å². The predicted octanol–water partition coefficient (Wildman–Crippen LogP) is 1.15. The number of carboxylic acid groups (broad SMARTS) is 1. The van der Waals surface area contributed by atoms with Gasteiger partial charge in [-0.2, -0.15) is 0 Å². The molecule has 0 radical (unpaired) electrons. The van der Waals surface area contributed by atoms with E-state index in [-0.39, 0.29) is 21.9 Å². The highest BCUT2D eigenvalue weighted by atomic mass is 35.5. The Hall–Kier alpha value is -2.62. The van der Waals surface area contributed by atoms with Crippen molar-refractivity contribution in [3.05, 3.63) is 58.6 Å². The van der Waals surface area contributed by atoms with Crippen LogP contribution in [0.4, 0.5) is 5.69 Å². The van der Waals surface area contributed by atoms with Crippen molar-refractivity contribution in [3.8, 4) is 0 Å². The minimum Gasteiger partial charge on any atom is -0.480 e. The van der Waals surface area contributed by atoms with Crippen LogP contribution in [0.15, 0.2) is 47.4 Å². The van der Waals surface area contributed by atoms with Crippen molar-refractivity contribution in [1.82, 2.24) is 5.43 Å². The van der Waals surface area contributed by atoms with Gasteiger partial charge in [0.05, 0.1) is 10.7 Å². The minimum absolute atomic E-state index is 0.0213. The molecule has 0 aromatic heterocycles. The number of carbonyl (C=O) groups excluding carboxylic acids is 1. The Morgan fingerprint density at radius 2 is 1.92 bits per heavy atom. The van der Waals surface area contributed by atoms with Crippen LogP contribution in [0.5, 0.6) is 0 Å². The second-order valence-corrected chi connectivity index (χ2v) is 7.63. The highest BCUT2D eigenvalue weighted by Gasteiger charge is 2.35. The summed E-state index contributed by atoms with van der Waals surface area (Å²) >= 11 is 5.81. The van der Waals surface area contributed by atoms with Crippen molar-refractivity contribution in [1.29, 1.82) is 0 Å². The number of halogens is 1. The van der Waals surface area contributed by atoms with Crippen LogP contribution in [0.25, 0.3) is 0 Å². The van der Waals surface area contributed by atoms with Crippen LogP contribution in [0, 0.1) is 0 Å². The number of anilines is 1. The Labute approximate surface area is 154 Å². The van der Waals surface area contributed by atoms with Gasteiger partial charge in [-0.05, 0) is 29.8 Å². The van der Waals surface area contributed by atoms with Crippen molar-refractivity contribution in [2.45, 2.75) is 17.4 Å². The Bertz CT molecular complexity index is 1010. The number of nitrogens with zero attached hydrogens (tertiary/aromatic N) is 1. The first-order valence-corrected chi connectivity index (χ1v) is 9.34. The molecular formula is C16H14ClN3O5S. The summed E-state index contributed by atoms with van der Waals surface area (Å²) in [5.74, 6) is -1.78. The number of primary sulfonamides is 1. The van der Waals surface area contributed by atoms with E-state index in [1.807, 2.05) is 0 Å². The maximum atomic E-state index is 12.5. The highest BCUT2D eigenvalue weighted by molar-refractivity contribution is 7.89. The molecular weight excluding hydrogens is 382 g/mol. The minimum atomic E-state index is -4.11. The van der Waals surface area contributed by atoms with E-state index < -0.39 is 27.9 Å². The zero-order chi connectivity index (χ0) is 19.1. The molecule has 0 bridgehead atoms. The van der Waals surface area contributed by atoms with Crippen molar-refractivity contribution in [3.63, 3.8) is 0 Å². The number of carbonyl (C=O) groups is 2.